The summed E-state index contributed by atoms with van der Waals surface area (Å²) in [5.74, 6) is -0.766. The second-order valence-electron chi connectivity index (χ2n) is 7.34. The summed E-state index contributed by atoms with van der Waals surface area (Å²) in [7, 11) is -0.279. The predicted molar refractivity (Wildman–Crippen MR) is 144 cm³/mol. The van der Waals surface area contributed by atoms with E-state index < -0.39 is 9.39 Å². The fourth-order valence-corrected chi connectivity index (χ4v) is 5.36. The van der Waals surface area contributed by atoms with E-state index >= 15 is 0 Å². The van der Waals surface area contributed by atoms with E-state index in [-0.39, 0.29) is 30.1 Å². The van der Waals surface area contributed by atoms with Crippen molar-refractivity contribution >= 4 is 68.0 Å². The maximum atomic E-state index is 12.4. The Kier molecular flexibility index (Phi) is 9.01. The Bertz CT molecular complexity index is 1050. The summed E-state index contributed by atoms with van der Waals surface area (Å²) in [5.41, 5.74) is 0.466. The van der Waals surface area contributed by atoms with Crippen molar-refractivity contribution in [1.29, 1.82) is 0 Å². The van der Waals surface area contributed by atoms with Crippen molar-refractivity contribution < 1.29 is 19.1 Å². The Balaban J connectivity index is 1.70. The lowest BCUT2D eigenvalue weighted by Crippen LogP contribution is -2.28. The Labute approximate surface area is 218 Å². The number of ether oxygens (including phenoxy) is 2. The molecule has 0 heterocycles. The lowest BCUT2D eigenvalue weighted by molar-refractivity contribution is -0.146. The first kappa shape index (κ1) is 25.0. The summed E-state index contributed by atoms with van der Waals surface area (Å²) in [4.78, 5) is 27.7. The molecule has 7 heteroatoms. The number of esters is 2. The third-order valence-electron chi connectivity index (χ3n) is 4.39. The maximum Gasteiger partial charge on any atom is 0.338 e. The Hall–Kier alpha value is -1.59. The Morgan fingerprint density at radius 3 is 1.84 bits per heavy atom. The van der Waals surface area contributed by atoms with Gasteiger partial charge in [0.2, 0.25) is 0 Å². The minimum absolute atomic E-state index is 0.0239. The van der Waals surface area contributed by atoms with Gasteiger partial charge in [0.1, 0.15) is 16.6 Å². The van der Waals surface area contributed by atoms with Crippen LogP contribution in [0.25, 0.3) is 0 Å². The molecule has 1 unspecified atom stereocenters. The van der Waals surface area contributed by atoms with E-state index in [1.165, 1.54) is 13.4 Å². The number of hydrogen-bond acceptors (Lipinski definition) is 4. The minimum Gasteiger partial charge on any atom is -0.461 e. The minimum atomic E-state index is -0.606. The van der Waals surface area contributed by atoms with Gasteiger partial charge >= 0.3 is 11.9 Å². The normalized spacial score (nSPS) is 12.1. The molecule has 3 aromatic carbocycles. The average molecular weight is 673 g/mol. The Morgan fingerprint density at radius 2 is 1.28 bits per heavy atom. The van der Waals surface area contributed by atoms with Crippen LogP contribution in [-0.2, 0) is 25.2 Å². The van der Waals surface area contributed by atoms with Gasteiger partial charge in [-0.2, -0.15) is 0 Å². The molecule has 0 N–H and O–H groups in total. The monoisotopic (exact) mass is 673 g/mol. The van der Waals surface area contributed by atoms with E-state index in [2.05, 4.69) is 59.0 Å². The van der Waals surface area contributed by atoms with Gasteiger partial charge in [0.05, 0.1) is 16.5 Å². The van der Waals surface area contributed by atoms with Crippen LogP contribution >= 0.6 is 45.2 Å². The van der Waals surface area contributed by atoms with Crippen LogP contribution in [0.1, 0.15) is 24.2 Å². The van der Waals surface area contributed by atoms with Crippen molar-refractivity contribution in [2.75, 3.05) is 13.2 Å². The average Bonchev–Trinajstić information content (AvgIpc) is 2.78. The first-order valence-electron chi connectivity index (χ1n) is 9.94. The zero-order valence-corrected chi connectivity index (χ0v) is 22.8. The number of alkyl halides is 1. The standard InChI is InChI=1S/C25H23I2O4S/c1-25(2,27)24(29)31-17-16-30-23(28)18-8-12-21(13-9-18)32(20-6-4-3-5-7-20)22-14-10-19(26)11-15-22/h3-15H,16-17H2,1-2H3/q+1. The number of hydrogen-bond donors (Lipinski definition) is 0. The highest BCUT2D eigenvalue weighted by Gasteiger charge is 2.29. The zero-order valence-electron chi connectivity index (χ0n) is 17.7. The van der Waals surface area contributed by atoms with Gasteiger partial charge in [-0.1, -0.05) is 40.8 Å². The van der Waals surface area contributed by atoms with Crippen LogP contribution in [0, 0.1) is 3.57 Å². The van der Waals surface area contributed by atoms with Gasteiger partial charge in [-0.25, -0.2) is 4.79 Å². The smallest absolute Gasteiger partial charge is 0.338 e. The van der Waals surface area contributed by atoms with Gasteiger partial charge in [0, 0.05) is 3.57 Å². The molecule has 0 aliphatic rings. The molecule has 0 amide bonds. The van der Waals surface area contributed by atoms with Crippen LogP contribution < -0.4 is 0 Å². The molecule has 0 spiro atoms. The van der Waals surface area contributed by atoms with Crippen molar-refractivity contribution in [3.63, 3.8) is 0 Å². The highest BCUT2D eigenvalue weighted by atomic mass is 127. The SMILES string of the molecule is CC(C)(I)C(=O)OCCOC(=O)c1ccc([S+](c2ccccc2)c2ccc(I)cc2)cc1. The van der Waals surface area contributed by atoms with Crippen LogP contribution in [0.2, 0.25) is 0 Å². The van der Waals surface area contributed by atoms with E-state index in [0.717, 1.165) is 4.90 Å². The fourth-order valence-electron chi connectivity index (χ4n) is 2.79. The second kappa shape index (κ2) is 11.5. The van der Waals surface area contributed by atoms with Crippen molar-refractivity contribution in [3.05, 3.63) is 88.0 Å². The lowest BCUT2D eigenvalue weighted by Gasteiger charge is -2.14. The van der Waals surface area contributed by atoms with Crippen LogP contribution in [0.5, 0.6) is 0 Å². The molecule has 166 valence electrons. The largest absolute Gasteiger partial charge is 0.461 e. The van der Waals surface area contributed by atoms with Crippen LogP contribution in [0.3, 0.4) is 0 Å². The van der Waals surface area contributed by atoms with Gasteiger partial charge < -0.3 is 9.47 Å². The van der Waals surface area contributed by atoms with Gasteiger partial charge in [-0.3, -0.25) is 4.79 Å². The van der Waals surface area contributed by atoms with Crippen molar-refractivity contribution in [2.45, 2.75) is 32.0 Å². The summed E-state index contributed by atoms with van der Waals surface area (Å²) in [6, 6.07) is 26.4. The predicted octanol–water partition coefficient (Wildman–Crippen LogP) is 6.30. The number of benzene rings is 3. The molecule has 3 rings (SSSR count). The summed E-state index contributed by atoms with van der Waals surface area (Å²) >= 11 is 4.32. The topological polar surface area (TPSA) is 52.6 Å². The van der Waals surface area contributed by atoms with Gasteiger partial charge in [-0.05, 0) is 97.1 Å². The summed E-state index contributed by atoms with van der Waals surface area (Å²) in [5, 5.41) is 0. The first-order valence-corrected chi connectivity index (χ1v) is 13.3. The molecule has 0 fully saturated rings. The third-order valence-corrected chi connectivity index (χ3v) is 7.78. The van der Waals surface area contributed by atoms with Crippen molar-refractivity contribution in [1.82, 2.24) is 0 Å². The zero-order chi connectivity index (χ0) is 23.1. The van der Waals surface area contributed by atoms with Crippen molar-refractivity contribution in [3.8, 4) is 0 Å². The lowest BCUT2D eigenvalue weighted by atomic mass is 10.2. The number of carbonyl (C=O) groups excluding carboxylic acids is 2. The van der Waals surface area contributed by atoms with E-state index in [0.29, 0.717) is 5.56 Å². The second-order valence-corrected chi connectivity index (χ2v) is 13.3. The molecule has 4 nitrogen and oxygen atoms in total. The molecule has 0 saturated heterocycles. The van der Waals surface area contributed by atoms with Crippen LogP contribution in [0.15, 0.2) is 93.5 Å². The van der Waals surface area contributed by atoms with Gasteiger partial charge in [-0.15, -0.1) is 0 Å². The number of rotatable bonds is 8. The molecule has 0 saturated carbocycles. The van der Waals surface area contributed by atoms with E-state index in [1.54, 1.807) is 26.0 Å². The highest BCUT2D eigenvalue weighted by Crippen LogP contribution is 2.31. The molecule has 3 aromatic rings. The molecular formula is C25H23I2O4S+. The van der Waals surface area contributed by atoms with Crippen LogP contribution in [0.4, 0.5) is 0 Å². The van der Waals surface area contributed by atoms with E-state index in [1.807, 2.05) is 52.9 Å². The van der Waals surface area contributed by atoms with Gasteiger partial charge in [0.25, 0.3) is 0 Å². The van der Waals surface area contributed by atoms with Crippen LogP contribution in [-0.4, -0.2) is 28.6 Å². The maximum absolute atomic E-state index is 12.4. The molecule has 32 heavy (non-hydrogen) atoms. The summed E-state index contributed by atoms with van der Waals surface area (Å²) < 4.78 is 11.0. The Morgan fingerprint density at radius 1 is 0.781 bits per heavy atom. The molecule has 0 aliphatic heterocycles. The molecule has 0 radical (unpaired) electrons. The molecule has 0 aliphatic carbocycles. The molecule has 0 bridgehead atoms. The van der Waals surface area contributed by atoms with E-state index in [4.69, 9.17) is 9.47 Å². The molecule has 1 atom stereocenters. The quantitative estimate of drug-likeness (QED) is 0.0927. The fraction of sp³-hybridized carbons (Fsp3) is 0.200. The molecule has 0 aromatic heterocycles. The van der Waals surface area contributed by atoms with Crippen molar-refractivity contribution in [2.24, 2.45) is 0 Å². The van der Waals surface area contributed by atoms with Gasteiger partial charge in [0.15, 0.2) is 14.7 Å². The highest BCUT2D eigenvalue weighted by molar-refractivity contribution is 14.1. The third kappa shape index (κ3) is 6.95. The number of halogens is 2. The summed E-state index contributed by atoms with van der Waals surface area (Å²) in [6.45, 7) is 3.60. The van der Waals surface area contributed by atoms with E-state index in [9.17, 15) is 9.59 Å². The number of carbonyl (C=O) groups is 2. The molecular weight excluding hydrogens is 650 g/mol. The summed E-state index contributed by atoms with van der Waals surface area (Å²) in [6.07, 6.45) is 0. The first-order chi connectivity index (χ1) is 15.3.